The first-order valence-corrected chi connectivity index (χ1v) is 9.38. The molecule has 9 nitrogen and oxygen atoms in total. The van der Waals surface area contributed by atoms with Gasteiger partial charge >= 0.3 is 5.97 Å². The average Bonchev–Trinajstić information content (AvgIpc) is 3.15. The molecule has 2 aromatic heterocycles. The second kappa shape index (κ2) is 8.73. The van der Waals surface area contributed by atoms with Gasteiger partial charge in [-0.05, 0) is 44.2 Å². The van der Waals surface area contributed by atoms with Crippen molar-refractivity contribution in [3.63, 3.8) is 0 Å². The lowest BCUT2D eigenvalue weighted by Gasteiger charge is -2.11. The quantitative estimate of drug-likeness (QED) is 0.627. The Balaban J connectivity index is 1.57. The van der Waals surface area contributed by atoms with E-state index < -0.39 is 18.5 Å². The fraction of sp³-hybridized carbons (Fsp3) is 0.286. The van der Waals surface area contributed by atoms with Crippen LogP contribution in [0.5, 0.6) is 0 Å². The normalized spacial score (nSPS) is 10.8. The molecular weight excluding hydrogens is 386 g/mol. The highest BCUT2D eigenvalue weighted by Crippen LogP contribution is 2.17. The lowest BCUT2D eigenvalue weighted by molar-refractivity contribution is -0.119. The summed E-state index contributed by atoms with van der Waals surface area (Å²) in [5, 5.41) is 7.59. The molecule has 2 heterocycles. The van der Waals surface area contributed by atoms with E-state index in [1.165, 1.54) is 11.1 Å². The van der Waals surface area contributed by atoms with Gasteiger partial charge in [-0.3, -0.25) is 9.59 Å². The van der Waals surface area contributed by atoms with Crippen molar-refractivity contribution in [1.82, 2.24) is 19.7 Å². The van der Waals surface area contributed by atoms with Crippen LogP contribution in [0.2, 0.25) is 0 Å². The van der Waals surface area contributed by atoms with Crippen LogP contribution in [0.25, 0.3) is 11.0 Å². The van der Waals surface area contributed by atoms with Crippen LogP contribution in [0.3, 0.4) is 0 Å². The fourth-order valence-corrected chi connectivity index (χ4v) is 2.80. The SMILES string of the molecule is CC(C)n1ncc2cc(C(=O)OCC(=O)Nc3ccc(C(=O)N(C)C)cc3)cnc21. The molecule has 1 N–H and O–H groups in total. The Hall–Kier alpha value is -3.75. The van der Waals surface area contributed by atoms with Gasteiger partial charge in [-0.15, -0.1) is 0 Å². The summed E-state index contributed by atoms with van der Waals surface area (Å²) in [6.07, 6.45) is 3.04. The summed E-state index contributed by atoms with van der Waals surface area (Å²) in [5.74, 6) is -1.27. The van der Waals surface area contributed by atoms with Crippen molar-refractivity contribution < 1.29 is 19.1 Å². The topological polar surface area (TPSA) is 106 Å². The van der Waals surface area contributed by atoms with Crippen LogP contribution < -0.4 is 5.32 Å². The average molecular weight is 409 g/mol. The number of ether oxygens (including phenoxy) is 1. The van der Waals surface area contributed by atoms with Gasteiger partial charge in [0.2, 0.25) is 0 Å². The minimum absolute atomic E-state index is 0.133. The van der Waals surface area contributed by atoms with Gasteiger partial charge in [0.05, 0.1) is 11.8 Å². The molecule has 1 aromatic carbocycles. The van der Waals surface area contributed by atoms with Crippen LogP contribution in [-0.2, 0) is 9.53 Å². The van der Waals surface area contributed by atoms with Crippen LogP contribution in [0, 0.1) is 0 Å². The van der Waals surface area contributed by atoms with Gasteiger partial charge in [0.1, 0.15) is 0 Å². The second-order valence-corrected chi connectivity index (χ2v) is 7.22. The molecule has 9 heteroatoms. The minimum atomic E-state index is -0.649. The molecule has 3 aromatic rings. The van der Waals surface area contributed by atoms with Gasteiger partial charge in [0, 0.05) is 43.0 Å². The van der Waals surface area contributed by atoms with Gasteiger partial charge in [-0.1, -0.05) is 0 Å². The van der Waals surface area contributed by atoms with Gasteiger partial charge in [-0.2, -0.15) is 5.10 Å². The van der Waals surface area contributed by atoms with Crippen LogP contribution in [-0.4, -0.2) is 58.2 Å². The van der Waals surface area contributed by atoms with Crippen LogP contribution in [0.1, 0.15) is 40.6 Å². The summed E-state index contributed by atoms with van der Waals surface area (Å²) in [6.45, 7) is 3.53. The maximum absolute atomic E-state index is 12.3. The predicted molar refractivity (Wildman–Crippen MR) is 111 cm³/mol. The Bertz CT molecular complexity index is 1090. The molecule has 3 rings (SSSR count). The summed E-state index contributed by atoms with van der Waals surface area (Å²) in [7, 11) is 3.33. The number of hydrogen-bond donors (Lipinski definition) is 1. The second-order valence-electron chi connectivity index (χ2n) is 7.22. The zero-order valence-corrected chi connectivity index (χ0v) is 17.2. The third kappa shape index (κ3) is 4.62. The molecule has 0 bridgehead atoms. The van der Waals surface area contributed by atoms with Crippen molar-refractivity contribution in [3.05, 3.63) is 53.9 Å². The van der Waals surface area contributed by atoms with Crippen LogP contribution in [0.15, 0.2) is 42.7 Å². The van der Waals surface area contributed by atoms with Crippen molar-refractivity contribution in [2.24, 2.45) is 0 Å². The molecule has 0 saturated carbocycles. The van der Waals surface area contributed by atoms with E-state index in [1.54, 1.807) is 55.3 Å². The number of nitrogens with one attached hydrogen (secondary N) is 1. The van der Waals surface area contributed by atoms with Crippen molar-refractivity contribution in [1.29, 1.82) is 0 Å². The van der Waals surface area contributed by atoms with E-state index in [-0.39, 0.29) is 17.5 Å². The maximum Gasteiger partial charge on any atom is 0.340 e. The molecule has 0 aliphatic rings. The summed E-state index contributed by atoms with van der Waals surface area (Å²) in [5.41, 5.74) is 1.92. The predicted octanol–water partition coefficient (Wildman–Crippen LogP) is 2.51. The first-order chi connectivity index (χ1) is 14.3. The Labute approximate surface area is 173 Å². The smallest absolute Gasteiger partial charge is 0.340 e. The van der Waals surface area contributed by atoms with Crippen LogP contribution in [0.4, 0.5) is 5.69 Å². The molecule has 0 spiro atoms. The highest BCUT2D eigenvalue weighted by atomic mass is 16.5. The summed E-state index contributed by atoms with van der Waals surface area (Å²) in [6, 6.07) is 8.23. The standard InChI is InChI=1S/C21H23N5O4/c1-13(2)26-19-15(11-23-26)9-16(10-22-19)21(29)30-12-18(27)24-17-7-5-14(6-8-17)20(28)25(3)4/h5-11,13H,12H2,1-4H3,(H,24,27). The number of anilines is 1. The van der Waals surface area contributed by atoms with Crippen molar-refractivity contribution >= 4 is 34.5 Å². The van der Waals surface area contributed by atoms with Gasteiger partial charge < -0.3 is 15.0 Å². The summed E-state index contributed by atoms with van der Waals surface area (Å²) in [4.78, 5) is 42.0. The maximum atomic E-state index is 12.3. The molecule has 0 saturated heterocycles. The monoisotopic (exact) mass is 409 g/mol. The zero-order chi connectivity index (χ0) is 21.8. The first kappa shape index (κ1) is 21.0. The number of pyridine rings is 1. The van der Waals surface area contributed by atoms with Gasteiger partial charge in [0.25, 0.3) is 11.8 Å². The molecular formula is C21H23N5O4. The number of nitrogens with zero attached hydrogens (tertiary/aromatic N) is 4. The van der Waals surface area contributed by atoms with E-state index in [4.69, 9.17) is 4.74 Å². The number of carbonyl (C=O) groups excluding carboxylic acids is 3. The Morgan fingerprint density at radius 2 is 1.80 bits per heavy atom. The number of hydrogen-bond acceptors (Lipinski definition) is 6. The van der Waals surface area contributed by atoms with E-state index >= 15 is 0 Å². The largest absolute Gasteiger partial charge is 0.452 e. The Morgan fingerprint density at radius 3 is 2.43 bits per heavy atom. The molecule has 0 aliphatic carbocycles. The first-order valence-electron chi connectivity index (χ1n) is 9.38. The van der Waals surface area contributed by atoms with E-state index in [2.05, 4.69) is 15.4 Å². The lowest BCUT2D eigenvalue weighted by Crippen LogP contribution is -2.22. The van der Waals surface area contributed by atoms with Crippen molar-refractivity contribution in [2.75, 3.05) is 26.0 Å². The summed E-state index contributed by atoms with van der Waals surface area (Å²) < 4.78 is 6.84. The fourth-order valence-electron chi connectivity index (χ4n) is 2.80. The molecule has 2 amide bonds. The Kier molecular flexibility index (Phi) is 6.10. The molecule has 0 radical (unpaired) electrons. The van der Waals surface area contributed by atoms with Crippen molar-refractivity contribution in [2.45, 2.75) is 19.9 Å². The minimum Gasteiger partial charge on any atom is -0.452 e. The van der Waals surface area contributed by atoms with Crippen molar-refractivity contribution in [3.8, 4) is 0 Å². The number of esters is 1. The number of carbonyl (C=O) groups is 3. The number of aromatic nitrogens is 3. The number of amides is 2. The van der Waals surface area contributed by atoms with E-state index in [0.29, 0.717) is 16.9 Å². The number of rotatable bonds is 6. The molecule has 156 valence electrons. The molecule has 0 atom stereocenters. The molecule has 0 aliphatic heterocycles. The third-order valence-corrected chi connectivity index (χ3v) is 4.31. The lowest BCUT2D eigenvalue weighted by atomic mass is 10.2. The third-order valence-electron chi connectivity index (χ3n) is 4.31. The number of benzene rings is 1. The van der Waals surface area contributed by atoms with Gasteiger partial charge in [-0.25, -0.2) is 14.5 Å². The Morgan fingerprint density at radius 1 is 1.10 bits per heavy atom. The van der Waals surface area contributed by atoms with Crippen LogP contribution >= 0.6 is 0 Å². The zero-order valence-electron chi connectivity index (χ0n) is 17.2. The molecule has 30 heavy (non-hydrogen) atoms. The van der Waals surface area contributed by atoms with E-state index in [0.717, 1.165) is 5.39 Å². The molecule has 0 fully saturated rings. The highest BCUT2D eigenvalue weighted by Gasteiger charge is 2.15. The van der Waals surface area contributed by atoms with Gasteiger partial charge in [0.15, 0.2) is 12.3 Å². The number of fused-ring (bicyclic) bond motifs is 1. The summed E-state index contributed by atoms with van der Waals surface area (Å²) >= 11 is 0. The van der Waals surface area contributed by atoms with E-state index in [9.17, 15) is 14.4 Å². The van der Waals surface area contributed by atoms with E-state index in [1.807, 2.05) is 13.8 Å². The highest BCUT2D eigenvalue weighted by molar-refractivity contribution is 5.98. The molecule has 0 unspecified atom stereocenters.